The van der Waals surface area contributed by atoms with Crippen molar-refractivity contribution in [3.63, 3.8) is 0 Å². The molecular weight excluding hydrogens is 354 g/mol. The molecule has 0 spiro atoms. The highest BCUT2D eigenvalue weighted by Gasteiger charge is 2.18. The van der Waals surface area contributed by atoms with E-state index in [0.717, 1.165) is 28.4 Å². The van der Waals surface area contributed by atoms with E-state index < -0.39 is 4.92 Å². The predicted octanol–water partition coefficient (Wildman–Crippen LogP) is 4.02. The summed E-state index contributed by atoms with van der Waals surface area (Å²) in [7, 11) is 1.68. The van der Waals surface area contributed by atoms with Crippen LogP contribution in [0.5, 0.6) is 0 Å². The van der Waals surface area contributed by atoms with Crippen molar-refractivity contribution in [2.24, 2.45) is 0 Å². The topological polar surface area (TPSA) is 89.5 Å². The smallest absolute Gasteiger partial charge is 0.324 e. The lowest BCUT2D eigenvalue weighted by Gasteiger charge is -2.15. The van der Waals surface area contributed by atoms with Crippen LogP contribution in [0.3, 0.4) is 0 Å². The van der Waals surface area contributed by atoms with Crippen molar-refractivity contribution >= 4 is 22.2 Å². The van der Waals surface area contributed by atoms with Crippen molar-refractivity contribution in [2.45, 2.75) is 12.8 Å². The summed E-state index contributed by atoms with van der Waals surface area (Å²) in [5.74, 6) is 0.544. The number of aromatic nitrogens is 1. The summed E-state index contributed by atoms with van der Waals surface area (Å²) < 4.78 is 5.35. The number of aryl methyl sites for hydroxylation is 1. The Labute approximate surface area is 154 Å². The second kappa shape index (κ2) is 7.92. The number of benzene rings is 1. The van der Waals surface area contributed by atoms with Crippen LogP contribution in [0.2, 0.25) is 0 Å². The van der Waals surface area contributed by atoms with E-state index in [9.17, 15) is 14.9 Å². The van der Waals surface area contributed by atoms with Gasteiger partial charge in [-0.15, -0.1) is 0 Å². The van der Waals surface area contributed by atoms with Gasteiger partial charge in [0.25, 0.3) is 5.91 Å². The van der Waals surface area contributed by atoms with E-state index in [1.807, 2.05) is 36.4 Å². The van der Waals surface area contributed by atoms with Crippen LogP contribution >= 0.6 is 11.3 Å². The molecule has 0 radical (unpaired) electrons. The van der Waals surface area contributed by atoms with Gasteiger partial charge in [0.2, 0.25) is 0 Å². The summed E-state index contributed by atoms with van der Waals surface area (Å²) in [4.78, 5) is 24.4. The summed E-state index contributed by atoms with van der Waals surface area (Å²) in [6.45, 7) is 0.520. The Morgan fingerprint density at radius 2 is 2.04 bits per heavy atom. The SMILES string of the molecule is CN(CCCc1cc(-c2ccccc2)no1)C(=O)c1ccc([N+](=O)[O-])s1. The van der Waals surface area contributed by atoms with E-state index in [-0.39, 0.29) is 10.9 Å². The Morgan fingerprint density at radius 1 is 1.27 bits per heavy atom. The van der Waals surface area contributed by atoms with Crippen LogP contribution in [-0.2, 0) is 6.42 Å². The van der Waals surface area contributed by atoms with Crippen LogP contribution in [0, 0.1) is 10.1 Å². The maximum absolute atomic E-state index is 12.3. The van der Waals surface area contributed by atoms with Crippen LogP contribution < -0.4 is 0 Å². The van der Waals surface area contributed by atoms with E-state index >= 15 is 0 Å². The van der Waals surface area contributed by atoms with Gasteiger partial charge >= 0.3 is 5.00 Å². The molecule has 0 aliphatic heterocycles. The molecule has 7 nitrogen and oxygen atoms in total. The molecule has 8 heteroatoms. The molecule has 3 rings (SSSR count). The molecule has 0 unspecified atom stereocenters. The molecule has 1 amide bonds. The predicted molar refractivity (Wildman–Crippen MR) is 98.2 cm³/mol. The van der Waals surface area contributed by atoms with Gasteiger partial charge in [0, 0.05) is 37.7 Å². The second-order valence-electron chi connectivity index (χ2n) is 5.77. The molecule has 0 N–H and O–H groups in total. The first kappa shape index (κ1) is 17.8. The number of nitro groups is 1. The number of hydrogen-bond acceptors (Lipinski definition) is 6. The van der Waals surface area contributed by atoms with E-state index in [4.69, 9.17) is 4.52 Å². The van der Waals surface area contributed by atoms with Crippen molar-refractivity contribution in [1.29, 1.82) is 0 Å². The Balaban J connectivity index is 1.52. The fourth-order valence-corrected chi connectivity index (χ4v) is 3.31. The summed E-state index contributed by atoms with van der Waals surface area (Å²) in [5.41, 5.74) is 1.78. The number of nitrogens with zero attached hydrogens (tertiary/aromatic N) is 3. The number of carbonyl (C=O) groups excluding carboxylic acids is 1. The molecular formula is C18H17N3O4S. The normalized spacial score (nSPS) is 10.7. The summed E-state index contributed by atoms with van der Waals surface area (Å²) >= 11 is 0.889. The van der Waals surface area contributed by atoms with Gasteiger partial charge in [0.15, 0.2) is 0 Å². The van der Waals surface area contributed by atoms with Gasteiger partial charge in [-0.1, -0.05) is 46.8 Å². The lowest BCUT2D eigenvalue weighted by atomic mass is 10.1. The lowest BCUT2D eigenvalue weighted by Crippen LogP contribution is -2.27. The minimum atomic E-state index is -0.490. The Kier molecular flexibility index (Phi) is 5.43. The first-order valence-corrected chi connectivity index (χ1v) is 8.87. The van der Waals surface area contributed by atoms with Crippen LogP contribution in [-0.4, -0.2) is 34.5 Å². The Hall–Kier alpha value is -3.00. The summed E-state index contributed by atoms with van der Waals surface area (Å²) in [5, 5.41) is 14.8. The van der Waals surface area contributed by atoms with Crippen LogP contribution in [0.15, 0.2) is 53.1 Å². The highest BCUT2D eigenvalue weighted by Crippen LogP contribution is 2.25. The summed E-state index contributed by atoms with van der Waals surface area (Å²) in [6, 6.07) is 14.5. The molecule has 0 atom stereocenters. The van der Waals surface area contributed by atoms with E-state index in [1.54, 1.807) is 11.9 Å². The molecule has 1 aromatic carbocycles. The van der Waals surface area contributed by atoms with E-state index in [1.165, 1.54) is 12.1 Å². The van der Waals surface area contributed by atoms with Crippen LogP contribution in [0.25, 0.3) is 11.3 Å². The number of thiophene rings is 1. The van der Waals surface area contributed by atoms with Gasteiger partial charge in [0.05, 0.1) is 9.80 Å². The molecule has 2 aromatic heterocycles. The average molecular weight is 371 g/mol. The number of hydrogen-bond donors (Lipinski definition) is 0. The first-order valence-electron chi connectivity index (χ1n) is 8.05. The Morgan fingerprint density at radius 3 is 2.73 bits per heavy atom. The second-order valence-corrected chi connectivity index (χ2v) is 6.83. The highest BCUT2D eigenvalue weighted by atomic mass is 32.1. The van der Waals surface area contributed by atoms with Gasteiger partial charge in [-0.3, -0.25) is 14.9 Å². The first-order chi connectivity index (χ1) is 12.5. The van der Waals surface area contributed by atoms with Crippen molar-refractivity contribution in [2.75, 3.05) is 13.6 Å². The molecule has 0 saturated carbocycles. The maximum atomic E-state index is 12.3. The van der Waals surface area contributed by atoms with Gasteiger partial charge in [-0.25, -0.2) is 0 Å². The number of carbonyl (C=O) groups is 1. The third kappa shape index (κ3) is 4.15. The largest absolute Gasteiger partial charge is 0.361 e. The van der Waals surface area contributed by atoms with Gasteiger partial charge < -0.3 is 9.42 Å². The van der Waals surface area contributed by atoms with Crippen molar-refractivity contribution < 1.29 is 14.2 Å². The number of rotatable bonds is 7. The van der Waals surface area contributed by atoms with Crippen molar-refractivity contribution in [1.82, 2.24) is 10.1 Å². The van der Waals surface area contributed by atoms with Gasteiger partial charge in [-0.05, 0) is 12.5 Å². The zero-order valence-corrected chi connectivity index (χ0v) is 14.9. The van der Waals surface area contributed by atoms with Gasteiger partial charge in [0.1, 0.15) is 11.5 Å². The van der Waals surface area contributed by atoms with Crippen LogP contribution in [0.1, 0.15) is 21.9 Å². The van der Waals surface area contributed by atoms with Crippen molar-refractivity contribution in [3.8, 4) is 11.3 Å². The van der Waals surface area contributed by atoms with E-state index in [2.05, 4.69) is 5.16 Å². The molecule has 0 saturated heterocycles. The molecule has 0 aliphatic rings. The number of amides is 1. The third-order valence-electron chi connectivity index (χ3n) is 3.87. The van der Waals surface area contributed by atoms with E-state index in [0.29, 0.717) is 24.3 Å². The minimum absolute atomic E-state index is 0.0307. The molecule has 0 bridgehead atoms. The highest BCUT2D eigenvalue weighted by molar-refractivity contribution is 7.17. The van der Waals surface area contributed by atoms with Gasteiger partial charge in [-0.2, -0.15) is 0 Å². The fraction of sp³-hybridized carbons (Fsp3) is 0.222. The minimum Gasteiger partial charge on any atom is -0.361 e. The quantitative estimate of drug-likeness (QED) is 0.462. The zero-order valence-electron chi connectivity index (χ0n) is 14.1. The third-order valence-corrected chi connectivity index (χ3v) is 4.90. The monoisotopic (exact) mass is 371 g/mol. The maximum Gasteiger partial charge on any atom is 0.324 e. The average Bonchev–Trinajstić information content (AvgIpc) is 3.31. The fourth-order valence-electron chi connectivity index (χ4n) is 2.50. The lowest BCUT2D eigenvalue weighted by molar-refractivity contribution is -0.380. The molecule has 2 heterocycles. The molecule has 0 fully saturated rings. The van der Waals surface area contributed by atoms with Crippen LogP contribution in [0.4, 0.5) is 5.00 Å². The standard InChI is InChI=1S/C18H17N3O4S/c1-20(18(22)16-9-10-17(26-16)21(23)24)11-5-8-14-12-15(19-25-14)13-6-3-2-4-7-13/h2-4,6-7,9-10,12H,5,8,11H2,1H3. The van der Waals surface area contributed by atoms with Crippen molar-refractivity contribution in [3.05, 3.63) is 69.3 Å². The summed E-state index contributed by atoms with van der Waals surface area (Å²) in [6.07, 6.45) is 1.36. The Bertz CT molecular complexity index is 904. The zero-order chi connectivity index (χ0) is 18.5. The molecule has 3 aromatic rings. The molecule has 26 heavy (non-hydrogen) atoms. The molecule has 0 aliphatic carbocycles. The molecule has 134 valence electrons.